The van der Waals surface area contributed by atoms with Crippen molar-refractivity contribution in [2.75, 3.05) is 18.5 Å². The Morgan fingerprint density at radius 3 is 2.61 bits per heavy atom. The van der Waals surface area contributed by atoms with Crippen molar-refractivity contribution >= 4 is 39.3 Å². The van der Waals surface area contributed by atoms with Crippen LogP contribution in [0.2, 0.25) is 0 Å². The smallest absolute Gasteiger partial charge is 0.250 e. The van der Waals surface area contributed by atoms with Gasteiger partial charge < -0.3 is 25.4 Å². The number of aryl methyl sites for hydroxylation is 2. The van der Waals surface area contributed by atoms with Gasteiger partial charge in [-0.15, -0.1) is 0 Å². The average molecular weight is 585 g/mol. The third-order valence-corrected chi connectivity index (χ3v) is 9.02. The Morgan fingerprint density at radius 2 is 1.92 bits per heavy atom. The Hall–Kier alpha value is -2.75. The molecule has 0 saturated carbocycles. The van der Waals surface area contributed by atoms with E-state index in [1.807, 2.05) is 69.3 Å². The number of benzene rings is 2. The molecule has 2 aromatic rings. The molecule has 2 bridgehead atoms. The largest absolute Gasteiger partial charge is 0.394 e. The standard InChI is InChI=1S/C29H34BrN3O5/c1-4-12-31-26(35)22-23-28(37)33(21(15-34)18-8-6-5-7-9-18)25(29(23)14-19(30)24(22)38-29)27(36)32-20-13-16(2)10-11-17(20)3/h5-11,13,19,21-25,34H,4,12,14-15H2,1-3H3,(H,31,35)(H,32,36)/t19?,21-,22-,23+,24-,25?,29?/m1/s1. The molecule has 0 aliphatic carbocycles. The maximum Gasteiger partial charge on any atom is 0.250 e. The van der Waals surface area contributed by atoms with E-state index in [0.29, 0.717) is 24.2 Å². The number of likely N-dealkylation sites (tertiary alicyclic amines) is 1. The van der Waals surface area contributed by atoms with E-state index in [-0.39, 0.29) is 29.2 Å². The zero-order valence-electron chi connectivity index (χ0n) is 21.8. The van der Waals surface area contributed by atoms with Gasteiger partial charge >= 0.3 is 0 Å². The lowest BCUT2D eigenvalue weighted by Crippen LogP contribution is -2.55. The van der Waals surface area contributed by atoms with E-state index in [2.05, 4.69) is 26.6 Å². The van der Waals surface area contributed by atoms with Crippen LogP contribution in [0.3, 0.4) is 0 Å². The molecule has 2 aromatic carbocycles. The summed E-state index contributed by atoms with van der Waals surface area (Å²) < 4.78 is 6.55. The fraction of sp³-hybridized carbons (Fsp3) is 0.483. The average Bonchev–Trinajstić information content (AvgIpc) is 3.49. The molecule has 3 aliphatic heterocycles. The van der Waals surface area contributed by atoms with Gasteiger partial charge in [0.05, 0.1) is 30.6 Å². The number of amides is 3. The summed E-state index contributed by atoms with van der Waals surface area (Å²) in [7, 11) is 0. The van der Waals surface area contributed by atoms with Gasteiger partial charge in [0.1, 0.15) is 11.6 Å². The van der Waals surface area contributed by atoms with Crippen molar-refractivity contribution in [1.29, 1.82) is 0 Å². The summed E-state index contributed by atoms with van der Waals surface area (Å²) in [5.41, 5.74) is 2.05. The van der Waals surface area contributed by atoms with Crippen LogP contribution in [0.25, 0.3) is 0 Å². The Bertz CT molecular complexity index is 1240. The van der Waals surface area contributed by atoms with Crippen molar-refractivity contribution in [3.63, 3.8) is 0 Å². The molecule has 3 heterocycles. The Labute approximate surface area is 231 Å². The molecule has 7 atom stereocenters. The highest BCUT2D eigenvalue weighted by Gasteiger charge is 2.77. The van der Waals surface area contributed by atoms with E-state index in [1.54, 1.807) is 0 Å². The molecule has 3 N–H and O–H groups in total. The predicted molar refractivity (Wildman–Crippen MR) is 147 cm³/mol. The number of hydrogen-bond donors (Lipinski definition) is 3. The number of nitrogens with one attached hydrogen (secondary N) is 2. The van der Waals surface area contributed by atoms with Gasteiger partial charge in [0.2, 0.25) is 17.7 Å². The first kappa shape index (κ1) is 26.8. The number of anilines is 1. The van der Waals surface area contributed by atoms with E-state index < -0.39 is 35.6 Å². The second kappa shape index (κ2) is 10.4. The number of alkyl halides is 1. The molecule has 3 amide bonds. The molecule has 1 spiro atoms. The maximum absolute atomic E-state index is 14.3. The monoisotopic (exact) mass is 583 g/mol. The van der Waals surface area contributed by atoms with Crippen molar-refractivity contribution in [3.05, 3.63) is 65.2 Å². The number of rotatable bonds is 8. The van der Waals surface area contributed by atoms with Crippen LogP contribution in [-0.4, -0.2) is 63.5 Å². The molecule has 3 saturated heterocycles. The maximum atomic E-state index is 14.3. The Balaban J connectivity index is 1.60. The van der Waals surface area contributed by atoms with Gasteiger partial charge in [0.25, 0.3) is 0 Å². The molecule has 5 rings (SSSR count). The first-order chi connectivity index (χ1) is 18.2. The van der Waals surface area contributed by atoms with Crippen molar-refractivity contribution in [2.24, 2.45) is 11.8 Å². The van der Waals surface area contributed by atoms with Crippen LogP contribution in [0, 0.1) is 25.7 Å². The summed E-state index contributed by atoms with van der Waals surface area (Å²) in [5, 5.41) is 16.5. The molecule has 38 heavy (non-hydrogen) atoms. The first-order valence-corrected chi connectivity index (χ1v) is 14.1. The third kappa shape index (κ3) is 4.25. The first-order valence-electron chi connectivity index (χ1n) is 13.2. The number of hydrogen-bond acceptors (Lipinski definition) is 5. The molecular weight excluding hydrogens is 550 g/mol. The molecular formula is C29H34BrN3O5. The van der Waals surface area contributed by atoms with Crippen LogP contribution in [0.1, 0.15) is 42.5 Å². The van der Waals surface area contributed by atoms with Gasteiger partial charge in [0.15, 0.2) is 0 Å². The third-order valence-electron chi connectivity index (χ3n) is 8.17. The zero-order chi connectivity index (χ0) is 27.2. The molecule has 3 unspecified atom stereocenters. The predicted octanol–water partition coefficient (Wildman–Crippen LogP) is 3.25. The van der Waals surface area contributed by atoms with Gasteiger partial charge in [-0.2, -0.15) is 0 Å². The minimum Gasteiger partial charge on any atom is -0.394 e. The molecule has 0 radical (unpaired) electrons. The fourth-order valence-electron chi connectivity index (χ4n) is 6.47. The highest BCUT2D eigenvalue weighted by Crippen LogP contribution is 2.61. The lowest BCUT2D eigenvalue weighted by molar-refractivity contribution is -0.144. The number of carbonyl (C=O) groups is 3. The number of aliphatic hydroxyl groups is 1. The summed E-state index contributed by atoms with van der Waals surface area (Å²) in [6.07, 6.45) is 0.641. The van der Waals surface area contributed by atoms with E-state index in [4.69, 9.17) is 4.74 Å². The van der Waals surface area contributed by atoms with E-state index >= 15 is 0 Å². The Kier molecular flexibility index (Phi) is 7.37. The quantitative estimate of drug-likeness (QED) is 0.413. The zero-order valence-corrected chi connectivity index (χ0v) is 23.4. The summed E-state index contributed by atoms with van der Waals surface area (Å²) in [6.45, 7) is 5.94. The normalized spacial score (nSPS) is 30.3. The van der Waals surface area contributed by atoms with Gasteiger partial charge in [-0.05, 0) is 49.4 Å². The SMILES string of the molecule is CCCNC(=O)[C@H]1[C@@H]2OC3(CC2Br)C(C(=O)Nc2cc(C)ccc2C)N([C@H](CO)c2ccccc2)C(=O)[C@H]13. The van der Waals surface area contributed by atoms with Gasteiger partial charge in [-0.25, -0.2) is 0 Å². The lowest BCUT2D eigenvalue weighted by atomic mass is 9.70. The van der Waals surface area contributed by atoms with Crippen molar-refractivity contribution in [3.8, 4) is 0 Å². The molecule has 0 aromatic heterocycles. The van der Waals surface area contributed by atoms with Crippen LogP contribution in [0.15, 0.2) is 48.5 Å². The van der Waals surface area contributed by atoms with Crippen molar-refractivity contribution in [1.82, 2.24) is 10.2 Å². The molecule has 3 aliphatic rings. The van der Waals surface area contributed by atoms with Crippen LogP contribution >= 0.6 is 15.9 Å². The van der Waals surface area contributed by atoms with Crippen LogP contribution in [-0.2, 0) is 19.1 Å². The van der Waals surface area contributed by atoms with Crippen LogP contribution < -0.4 is 10.6 Å². The molecule has 202 valence electrons. The fourth-order valence-corrected chi connectivity index (χ4v) is 7.41. The lowest BCUT2D eigenvalue weighted by Gasteiger charge is -2.37. The van der Waals surface area contributed by atoms with E-state index in [0.717, 1.165) is 17.5 Å². The second-order valence-corrected chi connectivity index (χ2v) is 11.8. The molecule has 8 nitrogen and oxygen atoms in total. The van der Waals surface area contributed by atoms with Crippen molar-refractivity contribution < 1.29 is 24.2 Å². The highest BCUT2D eigenvalue weighted by molar-refractivity contribution is 9.09. The number of ether oxygens (including phenoxy) is 1. The van der Waals surface area contributed by atoms with Gasteiger partial charge in [-0.3, -0.25) is 14.4 Å². The summed E-state index contributed by atoms with van der Waals surface area (Å²) in [4.78, 5) is 43.1. The van der Waals surface area contributed by atoms with Crippen LogP contribution in [0.5, 0.6) is 0 Å². The minimum absolute atomic E-state index is 0.191. The molecule has 9 heteroatoms. The number of aliphatic hydroxyl groups excluding tert-OH is 1. The summed E-state index contributed by atoms with van der Waals surface area (Å²) in [6, 6.07) is 13.2. The summed E-state index contributed by atoms with van der Waals surface area (Å²) in [5.74, 6) is -2.53. The number of halogens is 1. The van der Waals surface area contributed by atoms with Gasteiger partial charge in [0, 0.05) is 17.1 Å². The topological polar surface area (TPSA) is 108 Å². The highest BCUT2D eigenvalue weighted by atomic mass is 79.9. The second-order valence-electron chi connectivity index (χ2n) is 10.6. The number of nitrogens with zero attached hydrogens (tertiary/aromatic N) is 1. The van der Waals surface area contributed by atoms with Crippen molar-refractivity contribution in [2.45, 2.75) is 62.2 Å². The number of carbonyl (C=O) groups excluding carboxylic acids is 3. The minimum atomic E-state index is -1.20. The van der Waals surface area contributed by atoms with E-state index in [9.17, 15) is 19.5 Å². The van der Waals surface area contributed by atoms with E-state index in [1.165, 1.54) is 4.90 Å². The van der Waals surface area contributed by atoms with Crippen LogP contribution in [0.4, 0.5) is 5.69 Å². The Morgan fingerprint density at radius 1 is 1.18 bits per heavy atom. The number of fused-ring (bicyclic) bond motifs is 1. The molecule has 3 fully saturated rings. The summed E-state index contributed by atoms with van der Waals surface area (Å²) >= 11 is 3.69. The van der Waals surface area contributed by atoms with Gasteiger partial charge in [-0.1, -0.05) is 65.3 Å².